The van der Waals surface area contributed by atoms with E-state index in [1.807, 2.05) is 0 Å². The van der Waals surface area contributed by atoms with Crippen molar-refractivity contribution in [3.63, 3.8) is 0 Å². The van der Waals surface area contributed by atoms with Gasteiger partial charge in [-0.2, -0.15) is 0 Å². The fourth-order valence-electron chi connectivity index (χ4n) is 2.65. The molecule has 0 unspecified atom stereocenters. The molecule has 6 nitrogen and oxygen atoms in total. The summed E-state index contributed by atoms with van der Waals surface area (Å²) < 4.78 is 15.1. The number of imidazole rings is 1. The predicted molar refractivity (Wildman–Crippen MR) is 80.7 cm³/mol. The lowest BCUT2D eigenvalue weighted by molar-refractivity contribution is 0.0964. The smallest absolute Gasteiger partial charge is 0.275 e. The van der Waals surface area contributed by atoms with Crippen LogP contribution in [-0.2, 0) is 6.54 Å². The first-order valence-corrected chi connectivity index (χ1v) is 6.98. The van der Waals surface area contributed by atoms with Crippen molar-refractivity contribution >= 4 is 23.1 Å². The van der Waals surface area contributed by atoms with Crippen LogP contribution >= 0.6 is 0 Å². The maximum Gasteiger partial charge on any atom is 0.275 e. The van der Waals surface area contributed by atoms with E-state index in [0.29, 0.717) is 17.8 Å². The number of benzene rings is 1. The Bertz CT molecular complexity index is 964. The van der Waals surface area contributed by atoms with Crippen LogP contribution in [0.15, 0.2) is 42.7 Å². The van der Waals surface area contributed by atoms with Crippen molar-refractivity contribution in [1.82, 2.24) is 14.7 Å². The van der Waals surface area contributed by atoms with Crippen LogP contribution in [0.4, 0.5) is 10.1 Å². The van der Waals surface area contributed by atoms with Crippen molar-refractivity contribution in [2.75, 3.05) is 5.32 Å². The van der Waals surface area contributed by atoms with Gasteiger partial charge in [-0.15, -0.1) is 0 Å². The number of nitrogens with one attached hydrogen (secondary N) is 2. The van der Waals surface area contributed by atoms with Gasteiger partial charge in [-0.1, -0.05) is 6.07 Å². The van der Waals surface area contributed by atoms with Crippen molar-refractivity contribution in [3.8, 4) is 0 Å². The summed E-state index contributed by atoms with van der Waals surface area (Å²) in [6, 6.07) is 7.93. The zero-order chi connectivity index (χ0) is 16.0. The molecule has 1 aromatic carbocycles. The first kappa shape index (κ1) is 13.4. The van der Waals surface area contributed by atoms with Gasteiger partial charge in [0.25, 0.3) is 11.8 Å². The molecule has 2 amide bonds. The highest BCUT2D eigenvalue weighted by Crippen LogP contribution is 2.24. The highest BCUT2D eigenvalue weighted by atomic mass is 19.1. The van der Waals surface area contributed by atoms with Crippen LogP contribution in [0.25, 0.3) is 5.65 Å². The van der Waals surface area contributed by atoms with Gasteiger partial charge < -0.3 is 15.0 Å². The third-order valence-electron chi connectivity index (χ3n) is 3.76. The molecule has 7 heteroatoms. The summed E-state index contributed by atoms with van der Waals surface area (Å²) in [6.45, 7) is 0.365. The molecule has 3 aromatic rings. The second-order valence-corrected chi connectivity index (χ2v) is 5.18. The molecule has 1 aliphatic rings. The average molecular weight is 310 g/mol. The van der Waals surface area contributed by atoms with E-state index in [1.54, 1.807) is 24.4 Å². The predicted octanol–water partition coefficient (Wildman–Crippen LogP) is 1.97. The molecular formula is C16H11FN4O2. The van der Waals surface area contributed by atoms with E-state index < -0.39 is 11.7 Å². The van der Waals surface area contributed by atoms with Gasteiger partial charge in [0.05, 0.1) is 0 Å². The molecule has 0 radical (unpaired) electrons. The fraction of sp³-hybridized carbons (Fsp3) is 0.0625. The monoisotopic (exact) mass is 310 g/mol. The Balaban J connectivity index is 1.68. The van der Waals surface area contributed by atoms with Crippen LogP contribution < -0.4 is 10.6 Å². The quantitative estimate of drug-likeness (QED) is 0.760. The topological polar surface area (TPSA) is 75.5 Å². The number of fused-ring (bicyclic) bond motifs is 2. The number of carbonyl (C=O) groups is 2. The van der Waals surface area contributed by atoms with E-state index in [1.165, 1.54) is 22.7 Å². The summed E-state index contributed by atoms with van der Waals surface area (Å²) in [5.74, 6) is -1.12. The Kier molecular flexibility index (Phi) is 2.87. The average Bonchev–Trinajstić information content (AvgIpc) is 3.13. The molecule has 2 aromatic heterocycles. The van der Waals surface area contributed by atoms with Crippen molar-refractivity contribution in [2.45, 2.75) is 6.54 Å². The van der Waals surface area contributed by atoms with Crippen molar-refractivity contribution < 1.29 is 14.0 Å². The van der Waals surface area contributed by atoms with E-state index in [0.717, 1.165) is 5.56 Å². The van der Waals surface area contributed by atoms with Gasteiger partial charge in [0.15, 0.2) is 11.5 Å². The molecule has 1 aliphatic heterocycles. The molecule has 3 heterocycles. The van der Waals surface area contributed by atoms with Crippen LogP contribution in [0.5, 0.6) is 0 Å². The lowest BCUT2D eigenvalue weighted by Gasteiger charge is -2.07. The van der Waals surface area contributed by atoms with Crippen molar-refractivity contribution in [3.05, 3.63) is 65.4 Å². The maximum absolute atomic E-state index is 13.7. The molecule has 2 N–H and O–H groups in total. The summed E-state index contributed by atoms with van der Waals surface area (Å²) in [5.41, 5.74) is 2.02. The van der Waals surface area contributed by atoms with Gasteiger partial charge in [-0.25, -0.2) is 9.37 Å². The van der Waals surface area contributed by atoms with Crippen LogP contribution in [0, 0.1) is 5.82 Å². The van der Waals surface area contributed by atoms with Crippen LogP contribution in [0.2, 0.25) is 0 Å². The van der Waals surface area contributed by atoms with E-state index in [9.17, 15) is 14.0 Å². The summed E-state index contributed by atoms with van der Waals surface area (Å²) in [4.78, 5) is 28.0. The van der Waals surface area contributed by atoms with Crippen LogP contribution in [0.3, 0.4) is 0 Å². The van der Waals surface area contributed by atoms with Gasteiger partial charge in [0, 0.05) is 35.8 Å². The zero-order valence-corrected chi connectivity index (χ0v) is 11.8. The van der Waals surface area contributed by atoms with Crippen molar-refractivity contribution in [1.29, 1.82) is 0 Å². The lowest BCUT2D eigenvalue weighted by Crippen LogP contribution is -2.14. The molecule has 0 bridgehead atoms. The van der Waals surface area contributed by atoms with Gasteiger partial charge in [0.2, 0.25) is 0 Å². The molecule has 4 rings (SSSR count). The molecule has 0 atom stereocenters. The number of amides is 2. The highest BCUT2D eigenvalue weighted by molar-refractivity contribution is 6.06. The number of hydrogen-bond acceptors (Lipinski definition) is 3. The number of nitrogens with zero attached hydrogens (tertiary/aromatic N) is 2. The molecule has 0 fully saturated rings. The Morgan fingerprint density at radius 1 is 1.30 bits per heavy atom. The second kappa shape index (κ2) is 4.91. The van der Waals surface area contributed by atoms with Crippen molar-refractivity contribution in [2.24, 2.45) is 0 Å². The summed E-state index contributed by atoms with van der Waals surface area (Å²) in [7, 11) is 0. The van der Waals surface area contributed by atoms with Gasteiger partial charge in [-0.05, 0) is 24.3 Å². The summed E-state index contributed by atoms with van der Waals surface area (Å²) >= 11 is 0. The molecular weight excluding hydrogens is 299 g/mol. The number of halogens is 1. The maximum atomic E-state index is 13.7. The third kappa shape index (κ3) is 2.13. The number of pyridine rings is 1. The second-order valence-electron chi connectivity index (χ2n) is 5.18. The number of carbonyl (C=O) groups excluding carboxylic acids is 2. The number of rotatable bonds is 2. The first-order valence-electron chi connectivity index (χ1n) is 6.98. The lowest BCUT2D eigenvalue weighted by atomic mass is 10.1. The highest BCUT2D eigenvalue weighted by Gasteiger charge is 2.22. The molecule has 0 spiro atoms. The molecule has 0 aliphatic carbocycles. The molecule has 114 valence electrons. The zero-order valence-electron chi connectivity index (χ0n) is 11.8. The largest absolute Gasteiger partial charge is 0.348 e. The van der Waals surface area contributed by atoms with E-state index in [-0.39, 0.29) is 17.2 Å². The number of aromatic nitrogens is 2. The van der Waals surface area contributed by atoms with Crippen LogP contribution in [-0.4, -0.2) is 21.2 Å². The van der Waals surface area contributed by atoms with Gasteiger partial charge in [-0.3, -0.25) is 9.59 Å². The standard InChI is InChI=1S/C16H11FN4O2/c17-11-4-2-6-21-8-13(19-14(11)21)16(23)20-12-5-1-3-9-10(12)7-18-15(9)22/h1-6,8H,7H2,(H,18,22)(H,20,23). The minimum atomic E-state index is -0.498. The van der Waals surface area contributed by atoms with Gasteiger partial charge >= 0.3 is 0 Å². The Labute approximate surface area is 130 Å². The fourth-order valence-corrected chi connectivity index (χ4v) is 2.65. The third-order valence-corrected chi connectivity index (χ3v) is 3.76. The minimum Gasteiger partial charge on any atom is -0.348 e. The normalized spacial score (nSPS) is 13.0. The number of anilines is 1. The van der Waals surface area contributed by atoms with Gasteiger partial charge in [0.1, 0.15) is 5.69 Å². The molecule has 0 saturated carbocycles. The first-order chi connectivity index (χ1) is 11.1. The minimum absolute atomic E-state index is 0.0905. The Morgan fingerprint density at radius 2 is 2.17 bits per heavy atom. The molecule has 23 heavy (non-hydrogen) atoms. The molecule has 0 saturated heterocycles. The SMILES string of the molecule is O=C(Nc1cccc2c1CNC2=O)c1cn2cccc(F)c2n1. The summed E-state index contributed by atoms with van der Waals surface area (Å²) in [6.07, 6.45) is 3.07. The van der Waals surface area contributed by atoms with E-state index >= 15 is 0 Å². The van der Waals surface area contributed by atoms with E-state index in [4.69, 9.17) is 0 Å². The van der Waals surface area contributed by atoms with E-state index in [2.05, 4.69) is 15.6 Å². The van der Waals surface area contributed by atoms with Crippen LogP contribution in [0.1, 0.15) is 26.4 Å². The Morgan fingerprint density at radius 3 is 3.00 bits per heavy atom. The number of hydrogen-bond donors (Lipinski definition) is 2. The Hall–Kier alpha value is -3.22. The summed E-state index contributed by atoms with van der Waals surface area (Å²) in [5, 5.41) is 5.44.